The van der Waals surface area contributed by atoms with Gasteiger partial charge >= 0.3 is 29.9 Å². The monoisotopic (exact) mass is 436 g/mol. The van der Waals surface area contributed by atoms with Crippen molar-refractivity contribution in [2.24, 2.45) is 0 Å². The topological polar surface area (TPSA) is 26.3 Å². The first-order valence-corrected chi connectivity index (χ1v) is 7.79. The van der Waals surface area contributed by atoms with Crippen LogP contribution in [-0.4, -0.2) is 29.9 Å². The first-order chi connectivity index (χ1) is 11.8. The van der Waals surface area contributed by atoms with Gasteiger partial charge in [0.25, 0.3) is 0 Å². The van der Waals surface area contributed by atoms with Crippen LogP contribution in [0.2, 0.25) is 0 Å². The second-order valence-electron chi connectivity index (χ2n) is 5.40. The molecule has 2 radical (unpaired) electrons. The van der Waals surface area contributed by atoms with Crippen molar-refractivity contribution < 1.29 is 9.53 Å². The van der Waals surface area contributed by atoms with Gasteiger partial charge in [-0.2, -0.15) is 0 Å². The first-order valence-electron chi connectivity index (χ1n) is 7.79. The molecular weight excluding hydrogens is 415 g/mol. The average molecular weight is 435 g/mol. The zero-order valence-corrected chi connectivity index (χ0v) is 18.0. The van der Waals surface area contributed by atoms with E-state index in [1.807, 2.05) is 91.0 Å². The van der Waals surface area contributed by atoms with Crippen LogP contribution in [0.5, 0.6) is 0 Å². The van der Waals surface area contributed by atoms with Gasteiger partial charge in [0.05, 0.1) is 0 Å². The molecule has 3 heteroatoms. The van der Waals surface area contributed by atoms with Gasteiger partial charge in [-0.25, -0.2) is 4.79 Å². The SMILES string of the molecule is C=CC(=O)OC(c1ccccc1)(c1ccccc1)c1ccccc1.[SnH2]. The number of esters is 1. The summed E-state index contributed by atoms with van der Waals surface area (Å²) in [5.74, 6) is -0.466. The first kappa shape index (κ1) is 19.0. The second-order valence-corrected chi connectivity index (χ2v) is 5.40. The maximum atomic E-state index is 12.2. The van der Waals surface area contributed by atoms with E-state index in [1.165, 1.54) is 6.08 Å². The second kappa shape index (κ2) is 8.67. The fourth-order valence-corrected chi connectivity index (χ4v) is 2.89. The molecule has 0 bridgehead atoms. The number of carbonyl (C=O) groups excluding carboxylic acids is 1. The Morgan fingerprint density at radius 2 is 1.04 bits per heavy atom. The van der Waals surface area contributed by atoms with Crippen LogP contribution >= 0.6 is 0 Å². The number of benzene rings is 3. The van der Waals surface area contributed by atoms with E-state index < -0.39 is 11.6 Å². The molecule has 0 aliphatic rings. The van der Waals surface area contributed by atoms with Crippen molar-refractivity contribution in [3.8, 4) is 0 Å². The third kappa shape index (κ3) is 3.85. The normalized spacial score (nSPS) is 10.4. The van der Waals surface area contributed by atoms with Crippen LogP contribution in [0.3, 0.4) is 0 Å². The molecule has 0 saturated heterocycles. The van der Waals surface area contributed by atoms with Gasteiger partial charge in [-0.05, 0) is 0 Å². The summed E-state index contributed by atoms with van der Waals surface area (Å²) >= 11 is 0. The van der Waals surface area contributed by atoms with Gasteiger partial charge in [0.1, 0.15) is 0 Å². The van der Waals surface area contributed by atoms with Crippen LogP contribution in [0.4, 0.5) is 0 Å². The van der Waals surface area contributed by atoms with E-state index in [4.69, 9.17) is 4.74 Å². The summed E-state index contributed by atoms with van der Waals surface area (Å²) in [6.45, 7) is 3.55. The van der Waals surface area contributed by atoms with Crippen molar-refractivity contribution in [3.63, 3.8) is 0 Å². The predicted octanol–water partition coefficient (Wildman–Crippen LogP) is 3.79. The number of hydrogen-bond acceptors (Lipinski definition) is 2. The maximum absolute atomic E-state index is 12.2. The van der Waals surface area contributed by atoms with Crippen LogP contribution in [0.25, 0.3) is 0 Å². The fraction of sp³-hybridized carbons (Fsp3) is 0.0455. The quantitative estimate of drug-likeness (QED) is 0.264. The summed E-state index contributed by atoms with van der Waals surface area (Å²) in [6.07, 6.45) is 1.20. The molecular formula is C22H20O2Sn. The zero-order valence-electron chi connectivity index (χ0n) is 14.0. The molecule has 124 valence electrons. The zero-order chi connectivity index (χ0) is 16.8. The van der Waals surface area contributed by atoms with Crippen LogP contribution in [0, 0.1) is 0 Å². The Balaban J connectivity index is 0.00000225. The standard InChI is InChI=1S/C22H18O2.Sn.2H/c1-2-21(23)24-22(18-12-6-3-7-13-18,19-14-8-4-9-15-19)20-16-10-5-11-17-20;;;/h2-17H,1H2;;;. The molecule has 0 spiro atoms. The molecule has 3 rings (SSSR count). The Morgan fingerprint density at radius 3 is 1.32 bits per heavy atom. The molecule has 0 saturated carbocycles. The summed E-state index contributed by atoms with van der Waals surface area (Å²) in [7, 11) is 0. The molecule has 0 unspecified atom stereocenters. The predicted molar refractivity (Wildman–Crippen MR) is 104 cm³/mol. The summed E-state index contributed by atoms with van der Waals surface area (Å²) in [5.41, 5.74) is 1.64. The summed E-state index contributed by atoms with van der Waals surface area (Å²) in [5, 5.41) is 0. The van der Waals surface area contributed by atoms with Crippen molar-refractivity contribution in [3.05, 3.63) is 120 Å². The minimum atomic E-state index is -1.02. The van der Waals surface area contributed by atoms with Crippen LogP contribution in [0.1, 0.15) is 16.7 Å². The van der Waals surface area contributed by atoms with E-state index in [9.17, 15) is 4.79 Å². The summed E-state index contributed by atoms with van der Waals surface area (Å²) < 4.78 is 5.99. The Hall–Kier alpha value is -2.33. The van der Waals surface area contributed by atoms with Gasteiger partial charge in [0.15, 0.2) is 5.60 Å². The van der Waals surface area contributed by atoms with Crippen molar-refractivity contribution >= 4 is 29.9 Å². The number of hydrogen-bond donors (Lipinski definition) is 0. The van der Waals surface area contributed by atoms with Crippen molar-refractivity contribution in [2.75, 3.05) is 0 Å². The fourth-order valence-electron chi connectivity index (χ4n) is 2.89. The van der Waals surface area contributed by atoms with E-state index in [2.05, 4.69) is 6.58 Å². The summed E-state index contributed by atoms with van der Waals surface area (Å²) in [6, 6.07) is 29.3. The Labute approximate surface area is 165 Å². The van der Waals surface area contributed by atoms with Gasteiger partial charge < -0.3 is 4.74 Å². The Bertz CT molecular complexity index is 718. The van der Waals surface area contributed by atoms with Crippen LogP contribution < -0.4 is 0 Å². The molecule has 0 aromatic heterocycles. The number of carbonyl (C=O) groups is 1. The van der Waals surface area contributed by atoms with E-state index >= 15 is 0 Å². The molecule has 0 fully saturated rings. The molecule has 2 nitrogen and oxygen atoms in total. The molecule has 0 heterocycles. The van der Waals surface area contributed by atoms with Gasteiger partial charge in [-0.15, -0.1) is 0 Å². The third-order valence-corrected chi connectivity index (χ3v) is 3.96. The van der Waals surface area contributed by atoms with Gasteiger partial charge in [-0.1, -0.05) is 97.6 Å². The van der Waals surface area contributed by atoms with E-state index in [-0.39, 0.29) is 23.9 Å². The average Bonchev–Trinajstić information content (AvgIpc) is 2.68. The third-order valence-electron chi connectivity index (χ3n) is 3.96. The Kier molecular flexibility index (Phi) is 6.59. The van der Waals surface area contributed by atoms with Crippen molar-refractivity contribution in [1.82, 2.24) is 0 Å². The molecule has 25 heavy (non-hydrogen) atoms. The van der Waals surface area contributed by atoms with Gasteiger partial charge in [0.2, 0.25) is 0 Å². The molecule has 0 atom stereocenters. The molecule has 0 aliphatic carbocycles. The summed E-state index contributed by atoms with van der Waals surface area (Å²) in [4.78, 5) is 12.2. The molecule has 0 aliphatic heterocycles. The Morgan fingerprint density at radius 1 is 0.720 bits per heavy atom. The minimum absolute atomic E-state index is 0. The van der Waals surface area contributed by atoms with Gasteiger partial charge in [-0.3, -0.25) is 0 Å². The van der Waals surface area contributed by atoms with E-state index in [1.54, 1.807) is 0 Å². The molecule has 3 aromatic rings. The molecule has 3 aromatic carbocycles. The van der Waals surface area contributed by atoms with Crippen LogP contribution in [-0.2, 0) is 15.1 Å². The van der Waals surface area contributed by atoms with Crippen LogP contribution in [0.15, 0.2) is 104 Å². The number of rotatable bonds is 5. The van der Waals surface area contributed by atoms with Crippen molar-refractivity contribution in [1.29, 1.82) is 0 Å². The number of ether oxygens (including phenoxy) is 1. The molecule has 0 N–H and O–H groups in total. The van der Waals surface area contributed by atoms with Gasteiger partial charge in [0, 0.05) is 22.8 Å². The molecule has 0 amide bonds. The van der Waals surface area contributed by atoms with E-state index in [0.29, 0.717) is 0 Å². The van der Waals surface area contributed by atoms with E-state index in [0.717, 1.165) is 16.7 Å². The van der Waals surface area contributed by atoms with Crippen molar-refractivity contribution in [2.45, 2.75) is 5.60 Å².